The van der Waals surface area contributed by atoms with E-state index in [9.17, 15) is 18.0 Å². The van der Waals surface area contributed by atoms with Crippen molar-refractivity contribution in [2.24, 2.45) is 0 Å². The first-order valence-corrected chi connectivity index (χ1v) is 11.2. The van der Waals surface area contributed by atoms with E-state index in [1.54, 1.807) is 41.9 Å². The molecule has 2 N–H and O–H groups in total. The lowest BCUT2D eigenvalue weighted by atomic mass is 10.2. The molecular formula is C21H15N3O4S2. The van der Waals surface area contributed by atoms with Crippen LogP contribution in [-0.4, -0.2) is 25.2 Å². The molecule has 0 spiro atoms. The maximum atomic E-state index is 12.8. The first-order valence-electron chi connectivity index (χ1n) is 8.79. The van der Waals surface area contributed by atoms with Crippen LogP contribution in [0.4, 0.5) is 5.69 Å². The second-order valence-electron chi connectivity index (χ2n) is 6.30. The molecule has 2 aromatic heterocycles. The zero-order valence-electron chi connectivity index (χ0n) is 15.4. The van der Waals surface area contributed by atoms with E-state index in [1.807, 2.05) is 0 Å². The number of nitrogens with one attached hydrogen (secondary N) is 2. The van der Waals surface area contributed by atoms with Crippen molar-refractivity contribution in [1.82, 2.24) is 9.71 Å². The molecule has 0 aliphatic heterocycles. The largest absolute Gasteiger partial charge is 0.321 e. The van der Waals surface area contributed by atoms with E-state index in [-0.39, 0.29) is 16.4 Å². The Labute approximate surface area is 176 Å². The predicted molar refractivity (Wildman–Crippen MR) is 115 cm³/mol. The van der Waals surface area contributed by atoms with Gasteiger partial charge in [0.25, 0.3) is 21.8 Å². The van der Waals surface area contributed by atoms with Crippen LogP contribution in [-0.2, 0) is 10.0 Å². The van der Waals surface area contributed by atoms with Gasteiger partial charge in [0, 0.05) is 34.4 Å². The van der Waals surface area contributed by atoms with Crippen LogP contribution >= 0.6 is 11.3 Å². The molecule has 9 heteroatoms. The third-order valence-electron chi connectivity index (χ3n) is 4.31. The molecule has 2 heterocycles. The average Bonchev–Trinajstić information content (AvgIpc) is 3.28. The molecule has 0 atom stereocenters. The molecular weight excluding hydrogens is 422 g/mol. The van der Waals surface area contributed by atoms with Gasteiger partial charge in [-0.15, -0.1) is 11.3 Å². The maximum absolute atomic E-state index is 12.8. The summed E-state index contributed by atoms with van der Waals surface area (Å²) in [7, 11) is -4.09. The van der Waals surface area contributed by atoms with Gasteiger partial charge in [0.05, 0.1) is 9.77 Å². The maximum Gasteiger partial charge on any atom is 0.265 e. The Morgan fingerprint density at radius 1 is 0.900 bits per heavy atom. The van der Waals surface area contributed by atoms with Crippen molar-refractivity contribution in [2.45, 2.75) is 4.90 Å². The molecule has 30 heavy (non-hydrogen) atoms. The summed E-state index contributed by atoms with van der Waals surface area (Å²) in [6.07, 6.45) is 3.05. The van der Waals surface area contributed by atoms with Crippen LogP contribution in [0.3, 0.4) is 0 Å². The highest BCUT2D eigenvalue weighted by Gasteiger charge is 2.21. The minimum Gasteiger partial charge on any atom is -0.321 e. The van der Waals surface area contributed by atoms with Gasteiger partial charge in [-0.05, 0) is 47.8 Å². The van der Waals surface area contributed by atoms with Crippen LogP contribution in [0.25, 0.3) is 10.8 Å². The molecule has 0 aliphatic rings. The fourth-order valence-electron chi connectivity index (χ4n) is 2.87. The SMILES string of the molecule is O=C(NS(=O)(=O)c1cccc2cnccc12)c1ccc(NC(=O)c2cccs2)cc1. The van der Waals surface area contributed by atoms with E-state index in [0.29, 0.717) is 21.3 Å². The van der Waals surface area contributed by atoms with E-state index in [2.05, 4.69) is 15.0 Å². The number of carbonyl (C=O) groups excluding carboxylic acids is 2. The van der Waals surface area contributed by atoms with Gasteiger partial charge in [0.2, 0.25) is 0 Å². The number of sulfonamides is 1. The summed E-state index contributed by atoms with van der Waals surface area (Å²) >= 11 is 1.32. The number of amides is 2. The van der Waals surface area contributed by atoms with Crippen LogP contribution in [0.5, 0.6) is 0 Å². The predicted octanol–water partition coefficient (Wildman–Crippen LogP) is 3.67. The normalized spacial score (nSPS) is 11.2. The monoisotopic (exact) mass is 437 g/mol. The summed E-state index contributed by atoms with van der Waals surface area (Å²) in [5.74, 6) is -1.02. The molecule has 4 rings (SSSR count). The molecule has 7 nitrogen and oxygen atoms in total. The first-order chi connectivity index (χ1) is 14.4. The number of anilines is 1. The van der Waals surface area contributed by atoms with Crippen LogP contribution in [0.15, 0.2) is 83.3 Å². The van der Waals surface area contributed by atoms with Gasteiger partial charge < -0.3 is 5.32 Å². The number of hydrogen-bond donors (Lipinski definition) is 2. The smallest absolute Gasteiger partial charge is 0.265 e. The van der Waals surface area contributed by atoms with Gasteiger partial charge in [-0.25, -0.2) is 13.1 Å². The van der Waals surface area contributed by atoms with Gasteiger partial charge in [0.1, 0.15) is 0 Å². The molecule has 0 aliphatic carbocycles. The van der Waals surface area contributed by atoms with Crippen molar-refractivity contribution < 1.29 is 18.0 Å². The number of nitrogens with zero attached hydrogens (tertiary/aromatic N) is 1. The summed E-state index contributed by atoms with van der Waals surface area (Å²) in [6, 6.07) is 15.8. The fraction of sp³-hybridized carbons (Fsp3) is 0. The van der Waals surface area contributed by atoms with Crippen LogP contribution < -0.4 is 10.0 Å². The molecule has 4 aromatic rings. The Hall–Kier alpha value is -3.56. The lowest BCUT2D eigenvalue weighted by Crippen LogP contribution is -2.30. The third-order valence-corrected chi connectivity index (χ3v) is 6.57. The van der Waals surface area contributed by atoms with E-state index in [1.165, 1.54) is 47.9 Å². The molecule has 2 amide bonds. The van der Waals surface area contributed by atoms with Crippen molar-refractivity contribution in [1.29, 1.82) is 0 Å². The second kappa shape index (κ2) is 8.05. The highest BCUT2D eigenvalue weighted by Crippen LogP contribution is 2.22. The molecule has 0 saturated carbocycles. The van der Waals surface area contributed by atoms with Crippen LogP contribution in [0.2, 0.25) is 0 Å². The van der Waals surface area contributed by atoms with Gasteiger partial charge in [-0.1, -0.05) is 18.2 Å². The minimum atomic E-state index is -4.09. The Morgan fingerprint density at radius 3 is 2.43 bits per heavy atom. The lowest BCUT2D eigenvalue weighted by molar-refractivity contribution is 0.0980. The van der Waals surface area contributed by atoms with Gasteiger partial charge >= 0.3 is 0 Å². The van der Waals surface area contributed by atoms with Crippen LogP contribution in [0, 0.1) is 0 Å². The number of hydrogen-bond acceptors (Lipinski definition) is 6. The molecule has 0 bridgehead atoms. The summed E-state index contributed by atoms with van der Waals surface area (Å²) in [5.41, 5.74) is 0.643. The standard InChI is InChI=1S/C21H15N3O4S2/c25-20(14-6-8-16(9-7-14)23-21(26)18-4-2-12-29-18)24-30(27,28)19-5-1-3-15-13-22-11-10-17(15)19/h1-13H,(H,23,26)(H,24,25). The van der Waals surface area contributed by atoms with Gasteiger partial charge in [-0.3, -0.25) is 14.6 Å². The Kier molecular flexibility index (Phi) is 5.30. The minimum absolute atomic E-state index is 0.00409. The Morgan fingerprint density at radius 2 is 1.70 bits per heavy atom. The van der Waals surface area contributed by atoms with E-state index in [4.69, 9.17) is 0 Å². The summed E-state index contributed by atoms with van der Waals surface area (Å²) in [5, 5.41) is 5.64. The second-order valence-corrected chi connectivity index (χ2v) is 8.89. The van der Waals surface area contributed by atoms with Crippen molar-refractivity contribution in [3.05, 3.63) is 88.9 Å². The average molecular weight is 438 g/mol. The van der Waals surface area contributed by atoms with E-state index >= 15 is 0 Å². The van der Waals surface area contributed by atoms with E-state index in [0.717, 1.165) is 0 Å². The van der Waals surface area contributed by atoms with Crippen molar-refractivity contribution in [3.63, 3.8) is 0 Å². The summed E-state index contributed by atoms with van der Waals surface area (Å²) in [4.78, 5) is 29.1. The number of pyridine rings is 1. The third kappa shape index (κ3) is 4.07. The molecule has 0 fully saturated rings. The number of benzene rings is 2. The van der Waals surface area contributed by atoms with Crippen molar-refractivity contribution in [3.8, 4) is 0 Å². The quantitative estimate of drug-likeness (QED) is 0.496. The summed E-state index contributed by atoms with van der Waals surface area (Å²) < 4.78 is 27.6. The number of carbonyl (C=O) groups is 2. The van der Waals surface area contributed by atoms with Crippen molar-refractivity contribution >= 4 is 49.6 Å². The van der Waals surface area contributed by atoms with Gasteiger partial charge in [0.15, 0.2) is 0 Å². The zero-order valence-corrected chi connectivity index (χ0v) is 17.0. The Bertz CT molecular complexity index is 1330. The topological polar surface area (TPSA) is 105 Å². The fourth-order valence-corrected chi connectivity index (χ4v) is 4.69. The summed E-state index contributed by atoms with van der Waals surface area (Å²) in [6.45, 7) is 0. The van der Waals surface area contributed by atoms with Gasteiger partial charge in [-0.2, -0.15) is 0 Å². The molecule has 150 valence electrons. The van der Waals surface area contributed by atoms with Crippen LogP contribution in [0.1, 0.15) is 20.0 Å². The highest BCUT2D eigenvalue weighted by molar-refractivity contribution is 7.90. The first kappa shape index (κ1) is 19.7. The number of aromatic nitrogens is 1. The van der Waals surface area contributed by atoms with E-state index < -0.39 is 15.9 Å². The molecule has 0 radical (unpaired) electrons. The molecule has 2 aromatic carbocycles. The number of fused-ring (bicyclic) bond motifs is 1. The highest BCUT2D eigenvalue weighted by atomic mass is 32.2. The number of rotatable bonds is 5. The van der Waals surface area contributed by atoms with Crippen molar-refractivity contribution in [2.75, 3.05) is 5.32 Å². The molecule has 0 saturated heterocycles. The molecule has 0 unspecified atom stereocenters. The number of thiophene rings is 1. The Balaban J connectivity index is 1.51. The lowest BCUT2D eigenvalue weighted by Gasteiger charge is -2.10. The zero-order chi connectivity index (χ0) is 21.1.